The van der Waals surface area contributed by atoms with Gasteiger partial charge in [0, 0.05) is 27.6 Å². The molecule has 0 bridgehead atoms. The molecule has 0 aliphatic rings. The van der Waals surface area contributed by atoms with E-state index >= 15 is 0 Å². The van der Waals surface area contributed by atoms with Crippen LogP contribution < -0.4 is 5.32 Å². The van der Waals surface area contributed by atoms with Crippen molar-refractivity contribution in [2.45, 2.75) is 31.0 Å². The van der Waals surface area contributed by atoms with Gasteiger partial charge in [-0.2, -0.15) is 0 Å². The summed E-state index contributed by atoms with van der Waals surface area (Å²) in [6.45, 7) is 4.16. The fourth-order valence-corrected chi connectivity index (χ4v) is 4.59. The predicted octanol–water partition coefficient (Wildman–Crippen LogP) is 5.85. The Kier molecular flexibility index (Phi) is 7.06. The van der Waals surface area contributed by atoms with Gasteiger partial charge in [0.05, 0.1) is 22.2 Å². The molecule has 5 nitrogen and oxygen atoms in total. The minimum Gasteiger partial charge on any atom is -0.441 e. The minimum atomic E-state index is -1.21. The molecule has 0 saturated heterocycles. The van der Waals surface area contributed by atoms with Crippen molar-refractivity contribution in [2.75, 3.05) is 0 Å². The molecule has 3 aromatic carbocycles. The monoisotopic (exact) mass is 478 g/mol. The van der Waals surface area contributed by atoms with E-state index in [-0.39, 0.29) is 11.7 Å². The second-order valence-corrected chi connectivity index (χ2v) is 9.53. The predicted molar refractivity (Wildman–Crippen MR) is 131 cm³/mol. The largest absolute Gasteiger partial charge is 0.441 e. The molecule has 33 heavy (non-hydrogen) atoms. The Morgan fingerprint density at radius 2 is 1.70 bits per heavy atom. The quantitative estimate of drug-likeness (QED) is 0.361. The number of aryl methyl sites for hydroxylation is 2. The maximum absolute atomic E-state index is 12.7. The fraction of sp³-hybridized carbons (Fsp3) is 0.154. The summed E-state index contributed by atoms with van der Waals surface area (Å²) in [5.41, 5.74) is 3.90. The molecule has 7 heteroatoms. The summed E-state index contributed by atoms with van der Waals surface area (Å²) in [4.78, 5) is 17.8. The van der Waals surface area contributed by atoms with Gasteiger partial charge in [-0.05, 0) is 61.9 Å². The Labute approximate surface area is 200 Å². The summed E-state index contributed by atoms with van der Waals surface area (Å²) in [7, 11) is -1.21. The summed E-state index contributed by atoms with van der Waals surface area (Å²) in [5, 5.41) is 3.49. The lowest BCUT2D eigenvalue weighted by molar-refractivity contribution is 0.0951. The van der Waals surface area contributed by atoms with Crippen molar-refractivity contribution in [1.82, 2.24) is 10.3 Å². The molecule has 0 radical (unpaired) electrons. The van der Waals surface area contributed by atoms with Gasteiger partial charge in [0.15, 0.2) is 0 Å². The van der Waals surface area contributed by atoms with Crippen molar-refractivity contribution < 1.29 is 13.4 Å². The van der Waals surface area contributed by atoms with Gasteiger partial charge in [-0.15, -0.1) is 0 Å². The van der Waals surface area contributed by atoms with E-state index in [1.54, 1.807) is 30.3 Å². The Balaban J connectivity index is 1.42. The third kappa shape index (κ3) is 5.59. The van der Waals surface area contributed by atoms with Gasteiger partial charge in [-0.25, -0.2) is 4.98 Å². The molecule has 168 valence electrons. The van der Waals surface area contributed by atoms with Crippen molar-refractivity contribution >= 4 is 28.3 Å². The van der Waals surface area contributed by atoms with Gasteiger partial charge in [0.1, 0.15) is 5.76 Å². The van der Waals surface area contributed by atoms with Crippen molar-refractivity contribution in [1.29, 1.82) is 0 Å². The van der Waals surface area contributed by atoms with E-state index in [9.17, 15) is 9.00 Å². The topological polar surface area (TPSA) is 72.2 Å². The maximum Gasteiger partial charge on any atom is 0.251 e. The van der Waals surface area contributed by atoms with E-state index < -0.39 is 10.8 Å². The molecule has 1 aromatic heterocycles. The standard InChI is InChI=1S/C26H23ClN2O3S/c1-17-7-13-22(14-8-17)33(31)16-24-18(2)32-26(29-24)20-11-9-19(10-12-20)25(30)28-15-21-5-3-4-6-23(21)27/h3-14H,15-16H2,1-2H3,(H,28,30). The summed E-state index contributed by atoms with van der Waals surface area (Å²) in [6, 6.07) is 22.1. The highest BCUT2D eigenvalue weighted by Crippen LogP contribution is 2.24. The molecule has 1 amide bonds. The molecular formula is C26H23ClN2O3S. The molecule has 1 N–H and O–H groups in total. The Bertz CT molecular complexity index is 1300. The maximum atomic E-state index is 12.7. The van der Waals surface area contributed by atoms with Crippen LogP contribution in [-0.2, 0) is 23.1 Å². The van der Waals surface area contributed by atoms with Crippen LogP contribution in [0, 0.1) is 13.8 Å². The molecule has 1 atom stereocenters. The smallest absolute Gasteiger partial charge is 0.251 e. The van der Waals surface area contributed by atoms with Crippen molar-refractivity contribution in [3.63, 3.8) is 0 Å². The Morgan fingerprint density at radius 1 is 1.00 bits per heavy atom. The van der Waals surface area contributed by atoms with E-state index in [2.05, 4.69) is 10.3 Å². The number of nitrogens with one attached hydrogen (secondary N) is 1. The summed E-state index contributed by atoms with van der Waals surface area (Å²) >= 11 is 6.14. The molecular weight excluding hydrogens is 456 g/mol. The lowest BCUT2D eigenvalue weighted by atomic mass is 10.1. The molecule has 0 spiro atoms. The van der Waals surface area contributed by atoms with Crippen LogP contribution in [0.15, 0.2) is 82.1 Å². The number of nitrogens with zero attached hydrogens (tertiary/aromatic N) is 1. The van der Waals surface area contributed by atoms with Crippen LogP contribution in [0.25, 0.3) is 11.5 Å². The highest BCUT2D eigenvalue weighted by molar-refractivity contribution is 7.84. The third-order valence-corrected chi connectivity index (χ3v) is 6.94. The zero-order valence-electron chi connectivity index (χ0n) is 18.3. The Morgan fingerprint density at radius 3 is 2.39 bits per heavy atom. The normalized spacial score (nSPS) is 11.8. The van der Waals surface area contributed by atoms with E-state index in [0.29, 0.717) is 34.5 Å². The lowest BCUT2D eigenvalue weighted by Gasteiger charge is -2.07. The van der Waals surface area contributed by atoms with Gasteiger partial charge < -0.3 is 9.73 Å². The number of hydrogen-bond donors (Lipinski definition) is 1. The summed E-state index contributed by atoms with van der Waals surface area (Å²) in [5.74, 6) is 1.15. The Hall–Kier alpha value is -3.22. The SMILES string of the molecule is Cc1ccc(S(=O)Cc2nc(-c3ccc(C(=O)NCc4ccccc4Cl)cc3)oc2C)cc1. The first-order valence-corrected chi connectivity index (χ1v) is 12.1. The van der Waals surface area contributed by atoms with Gasteiger partial charge in [-0.3, -0.25) is 9.00 Å². The van der Waals surface area contributed by atoms with Crippen molar-refractivity contribution in [3.05, 3.63) is 106 Å². The highest BCUT2D eigenvalue weighted by atomic mass is 35.5. The van der Waals surface area contributed by atoms with E-state index in [0.717, 1.165) is 21.6 Å². The molecule has 0 aliphatic carbocycles. The molecule has 4 rings (SSSR count). The number of hydrogen-bond acceptors (Lipinski definition) is 4. The minimum absolute atomic E-state index is 0.195. The average Bonchev–Trinajstić information content (AvgIpc) is 3.19. The van der Waals surface area contributed by atoms with E-state index in [4.69, 9.17) is 16.0 Å². The average molecular weight is 479 g/mol. The molecule has 1 unspecified atom stereocenters. The molecule has 0 saturated carbocycles. The van der Waals surface area contributed by atoms with Gasteiger partial charge >= 0.3 is 0 Å². The number of rotatable bonds is 7. The van der Waals surface area contributed by atoms with Crippen molar-refractivity contribution in [3.8, 4) is 11.5 Å². The zero-order chi connectivity index (χ0) is 23.4. The molecule has 4 aromatic rings. The first kappa shape index (κ1) is 23.0. The highest BCUT2D eigenvalue weighted by Gasteiger charge is 2.16. The summed E-state index contributed by atoms with van der Waals surface area (Å²) in [6.07, 6.45) is 0. The van der Waals surface area contributed by atoms with E-state index in [1.165, 1.54) is 0 Å². The number of oxazole rings is 1. The number of aromatic nitrogens is 1. The van der Waals surface area contributed by atoms with Crippen LogP contribution in [0.4, 0.5) is 0 Å². The number of halogens is 1. The number of carbonyl (C=O) groups is 1. The molecule has 1 heterocycles. The van der Waals surface area contributed by atoms with E-state index in [1.807, 2.05) is 56.3 Å². The van der Waals surface area contributed by atoms with Crippen LogP contribution in [0.3, 0.4) is 0 Å². The van der Waals surface area contributed by atoms with Crippen LogP contribution in [-0.4, -0.2) is 15.1 Å². The number of amides is 1. The second-order valence-electron chi connectivity index (χ2n) is 7.68. The zero-order valence-corrected chi connectivity index (χ0v) is 19.9. The van der Waals surface area contributed by atoms with Crippen LogP contribution in [0.2, 0.25) is 5.02 Å². The van der Waals surface area contributed by atoms with Crippen LogP contribution >= 0.6 is 11.6 Å². The lowest BCUT2D eigenvalue weighted by Crippen LogP contribution is -2.22. The number of benzene rings is 3. The van der Waals surface area contributed by atoms with Gasteiger partial charge in [0.2, 0.25) is 5.89 Å². The first-order valence-electron chi connectivity index (χ1n) is 10.4. The van der Waals surface area contributed by atoms with Gasteiger partial charge in [0.25, 0.3) is 5.91 Å². The fourth-order valence-electron chi connectivity index (χ4n) is 3.27. The first-order chi connectivity index (χ1) is 15.9. The number of carbonyl (C=O) groups excluding carboxylic acids is 1. The van der Waals surface area contributed by atoms with Crippen LogP contribution in [0.5, 0.6) is 0 Å². The van der Waals surface area contributed by atoms with Crippen molar-refractivity contribution in [2.24, 2.45) is 0 Å². The summed E-state index contributed by atoms with van der Waals surface area (Å²) < 4.78 is 18.5. The molecule has 0 aliphatic heterocycles. The van der Waals surface area contributed by atoms with Gasteiger partial charge in [-0.1, -0.05) is 47.5 Å². The molecule has 0 fully saturated rings. The third-order valence-electron chi connectivity index (χ3n) is 5.24. The second kappa shape index (κ2) is 10.1. The van der Waals surface area contributed by atoms with Crippen LogP contribution in [0.1, 0.15) is 32.9 Å².